The second-order valence-electron chi connectivity index (χ2n) is 11.4. The van der Waals surface area contributed by atoms with Crippen molar-refractivity contribution < 1.29 is 4.92 Å². The normalized spacial score (nSPS) is 20.0. The summed E-state index contributed by atoms with van der Waals surface area (Å²) in [5.41, 5.74) is 11.0. The third-order valence-electron chi connectivity index (χ3n) is 8.87. The smallest absolute Gasteiger partial charge is 0.278 e. The van der Waals surface area contributed by atoms with Gasteiger partial charge in [-0.15, -0.1) is 11.3 Å². The summed E-state index contributed by atoms with van der Waals surface area (Å²) >= 11 is 1.46. The first kappa shape index (κ1) is 27.6. The molecular weight excluding hydrogens is 562 g/mol. The van der Waals surface area contributed by atoms with Crippen molar-refractivity contribution in [2.75, 3.05) is 39.0 Å². The number of piperazine rings is 1. The van der Waals surface area contributed by atoms with Crippen LogP contribution in [0, 0.1) is 10.1 Å². The molecule has 43 heavy (non-hydrogen) atoms. The number of para-hydroxylation sites is 1. The summed E-state index contributed by atoms with van der Waals surface area (Å²) in [5.74, 6) is 0.426. The maximum atomic E-state index is 11.5. The second kappa shape index (κ2) is 11.4. The van der Waals surface area contributed by atoms with Crippen LogP contribution in [0.3, 0.4) is 0 Å². The van der Waals surface area contributed by atoms with Gasteiger partial charge < -0.3 is 10.6 Å². The molecular formula is C31H33N9O2S. The van der Waals surface area contributed by atoms with E-state index in [9.17, 15) is 10.1 Å². The van der Waals surface area contributed by atoms with Crippen LogP contribution in [0.1, 0.15) is 31.7 Å². The Hall–Kier alpha value is -4.26. The molecule has 1 saturated carbocycles. The van der Waals surface area contributed by atoms with Crippen molar-refractivity contribution in [1.29, 1.82) is 0 Å². The van der Waals surface area contributed by atoms with Crippen LogP contribution in [0.25, 0.3) is 44.1 Å². The van der Waals surface area contributed by atoms with Gasteiger partial charge >= 0.3 is 0 Å². The lowest BCUT2D eigenvalue weighted by atomic mass is 9.90. The number of benzene rings is 2. The number of hydrogen-bond acceptors (Lipinski definition) is 10. The predicted octanol–water partition coefficient (Wildman–Crippen LogP) is 5.51. The minimum Gasteiger partial charge on any atom is -0.383 e. The molecule has 2 aliphatic rings. The van der Waals surface area contributed by atoms with Crippen LogP contribution in [0.5, 0.6) is 0 Å². The van der Waals surface area contributed by atoms with Gasteiger partial charge in [-0.05, 0) is 38.8 Å². The highest BCUT2D eigenvalue weighted by atomic mass is 32.1. The van der Waals surface area contributed by atoms with Crippen LogP contribution >= 0.6 is 11.3 Å². The van der Waals surface area contributed by atoms with Crippen LogP contribution < -0.4 is 5.73 Å². The Labute approximate surface area is 253 Å². The summed E-state index contributed by atoms with van der Waals surface area (Å²) in [4.78, 5) is 29.8. The Balaban J connectivity index is 1.14. The molecule has 0 atom stereocenters. The molecule has 2 N–H and O–H groups in total. The average molecular weight is 596 g/mol. The van der Waals surface area contributed by atoms with Gasteiger partial charge in [-0.1, -0.05) is 36.4 Å². The third kappa shape index (κ3) is 5.26. The first-order valence-electron chi connectivity index (χ1n) is 14.7. The van der Waals surface area contributed by atoms with Gasteiger partial charge in [-0.25, -0.2) is 19.6 Å². The average Bonchev–Trinajstić information content (AvgIpc) is 3.68. The lowest BCUT2D eigenvalue weighted by molar-refractivity contribution is -0.384. The maximum Gasteiger partial charge on any atom is 0.278 e. The van der Waals surface area contributed by atoms with Gasteiger partial charge in [0.2, 0.25) is 0 Å². The molecule has 0 radical (unpaired) electrons. The fourth-order valence-electron chi connectivity index (χ4n) is 6.46. The first-order chi connectivity index (χ1) is 21.0. The quantitative estimate of drug-likeness (QED) is 0.199. The lowest BCUT2D eigenvalue weighted by Crippen LogP contribution is -2.49. The van der Waals surface area contributed by atoms with E-state index in [1.807, 2.05) is 29.6 Å². The molecule has 0 bridgehead atoms. The monoisotopic (exact) mass is 595 g/mol. The van der Waals surface area contributed by atoms with Gasteiger partial charge in [0, 0.05) is 54.8 Å². The van der Waals surface area contributed by atoms with Crippen molar-refractivity contribution in [1.82, 2.24) is 34.5 Å². The predicted molar refractivity (Wildman–Crippen MR) is 169 cm³/mol. The summed E-state index contributed by atoms with van der Waals surface area (Å²) in [5, 5.41) is 20.0. The molecule has 0 amide bonds. The molecule has 12 heteroatoms. The number of fused-ring (bicyclic) bond motifs is 1. The molecule has 7 rings (SSSR count). The van der Waals surface area contributed by atoms with Crippen LogP contribution in [-0.2, 0) is 0 Å². The number of nitrogens with two attached hydrogens (primary N) is 1. The summed E-state index contributed by atoms with van der Waals surface area (Å²) < 4.78 is 2.08. The van der Waals surface area contributed by atoms with E-state index in [-0.39, 0.29) is 16.7 Å². The lowest BCUT2D eigenvalue weighted by Gasteiger charge is -2.41. The zero-order valence-corrected chi connectivity index (χ0v) is 24.8. The molecule has 220 valence electrons. The van der Waals surface area contributed by atoms with E-state index in [0.717, 1.165) is 84.7 Å². The molecule has 0 unspecified atom stereocenters. The molecule has 1 aliphatic heterocycles. The Morgan fingerprint density at radius 2 is 1.63 bits per heavy atom. The SMILES string of the molecule is CN1CCN(C2CCC(n3nc(-c4ccc(-c5nc(-c6ccccc6[N+](=O)[O-])cs5)cc4)c4c(N)ncnc43)CC2)CC1. The zero-order chi connectivity index (χ0) is 29.5. The number of likely N-dealkylation sites (N-methyl/N-ethyl adjacent to an activating group) is 1. The molecule has 11 nitrogen and oxygen atoms in total. The number of nitrogens with zero attached hydrogens (tertiary/aromatic N) is 8. The van der Waals surface area contributed by atoms with Crippen molar-refractivity contribution in [3.63, 3.8) is 0 Å². The van der Waals surface area contributed by atoms with Crippen LogP contribution in [-0.4, -0.2) is 78.7 Å². The minimum atomic E-state index is -0.374. The van der Waals surface area contributed by atoms with Crippen molar-refractivity contribution in [2.45, 2.75) is 37.8 Å². The van der Waals surface area contributed by atoms with Gasteiger partial charge in [0.05, 0.1) is 27.6 Å². The van der Waals surface area contributed by atoms with E-state index in [2.05, 4.69) is 31.5 Å². The summed E-state index contributed by atoms with van der Waals surface area (Å²) in [7, 11) is 2.20. The van der Waals surface area contributed by atoms with E-state index >= 15 is 0 Å². The molecule has 5 aromatic rings. The molecule has 1 aliphatic carbocycles. The number of nitrogen functional groups attached to an aromatic ring is 1. The minimum absolute atomic E-state index is 0.0461. The van der Waals surface area contributed by atoms with Crippen molar-refractivity contribution in [3.05, 3.63) is 70.4 Å². The standard InChI is InChI=1S/C31H33N9O2S/c1-37-14-16-38(17-15-37)22-10-12-23(13-11-22)39-30-27(29(32)33-19-34-30)28(36-39)20-6-8-21(9-7-20)31-35-25(18-43-31)24-4-2-3-5-26(24)40(41)42/h2-9,18-19,22-23H,10-17H2,1H3,(H2,32,33,34). The highest BCUT2D eigenvalue weighted by molar-refractivity contribution is 7.13. The van der Waals surface area contributed by atoms with Gasteiger partial charge in [-0.2, -0.15) is 5.10 Å². The van der Waals surface area contributed by atoms with Crippen molar-refractivity contribution >= 4 is 33.9 Å². The van der Waals surface area contributed by atoms with E-state index in [1.165, 1.54) is 23.7 Å². The van der Waals surface area contributed by atoms with E-state index < -0.39 is 0 Å². The van der Waals surface area contributed by atoms with Gasteiger partial charge in [0.25, 0.3) is 5.69 Å². The number of anilines is 1. The van der Waals surface area contributed by atoms with Gasteiger partial charge in [0.1, 0.15) is 22.8 Å². The number of rotatable bonds is 6. The number of thiazole rings is 1. The second-order valence-corrected chi connectivity index (χ2v) is 12.3. The third-order valence-corrected chi connectivity index (χ3v) is 9.76. The zero-order valence-electron chi connectivity index (χ0n) is 24.0. The fraction of sp³-hybridized carbons (Fsp3) is 0.355. The molecule has 4 heterocycles. The summed E-state index contributed by atoms with van der Waals surface area (Å²) in [6.07, 6.45) is 5.95. The molecule has 1 saturated heterocycles. The van der Waals surface area contributed by atoms with Gasteiger partial charge in [0.15, 0.2) is 5.65 Å². The largest absolute Gasteiger partial charge is 0.383 e. The van der Waals surface area contributed by atoms with Gasteiger partial charge in [-0.3, -0.25) is 15.0 Å². The number of hydrogen-bond donors (Lipinski definition) is 1. The fourth-order valence-corrected chi connectivity index (χ4v) is 7.28. The molecule has 0 spiro atoms. The molecule has 2 aromatic carbocycles. The Bertz CT molecular complexity index is 1770. The molecule has 2 fully saturated rings. The Morgan fingerprint density at radius 1 is 0.930 bits per heavy atom. The van der Waals surface area contributed by atoms with Crippen molar-refractivity contribution in [2.24, 2.45) is 0 Å². The van der Waals surface area contributed by atoms with E-state index in [1.54, 1.807) is 18.2 Å². The number of nitro groups is 1. The first-order valence-corrected chi connectivity index (χ1v) is 15.6. The number of aromatic nitrogens is 5. The van der Waals surface area contributed by atoms with E-state index in [4.69, 9.17) is 15.8 Å². The summed E-state index contributed by atoms with van der Waals surface area (Å²) in [6, 6.07) is 15.6. The molecule has 3 aromatic heterocycles. The highest BCUT2D eigenvalue weighted by Crippen LogP contribution is 2.38. The maximum absolute atomic E-state index is 11.5. The van der Waals surface area contributed by atoms with Crippen molar-refractivity contribution in [3.8, 4) is 33.1 Å². The topological polar surface area (TPSA) is 132 Å². The summed E-state index contributed by atoms with van der Waals surface area (Å²) in [6.45, 7) is 4.58. The van der Waals surface area contributed by atoms with Crippen LogP contribution in [0.15, 0.2) is 60.2 Å². The van der Waals surface area contributed by atoms with Crippen LogP contribution in [0.2, 0.25) is 0 Å². The Kier molecular flexibility index (Phi) is 7.33. The number of nitro benzene ring substituents is 1. The van der Waals surface area contributed by atoms with Crippen LogP contribution in [0.4, 0.5) is 11.5 Å². The highest BCUT2D eigenvalue weighted by Gasteiger charge is 2.30. The Morgan fingerprint density at radius 3 is 2.37 bits per heavy atom. The van der Waals surface area contributed by atoms with E-state index in [0.29, 0.717) is 23.1 Å².